The Kier molecular flexibility index (Phi) is 4.79. The molecule has 0 aliphatic carbocycles. The fourth-order valence-electron chi connectivity index (χ4n) is 2.35. The number of amides is 2. The van der Waals surface area contributed by atoms with Gasteiger partial charge in [-0.2, -0.15) is 0 Å². The molecule has 2 aromatic rings. The third kappa shape index (κ3) is 4.13. The quantitative estimate of drug-likeness (QED) is 0.784. The summed E-state index contributed by atoms with van der Waals surface area (Å²) >= 11 is 0. The number of carbonyl (C=O) groups excluding carboxylic acids is 1. The zero-order chi connectivity index (χ0) is 17.2. The van der Waals surface area contributed by atoms with Gasteiger partial charge in [0.1, 0.15) is 22.9 Å². The van der Waals surface area contributed by atoms with E-state index < -0.39 is 11.6 Å². The van der Waals surface area contributed by atoms with E-state index in [2.05, 4.69) is 15.6 Å². The number of rotatable bonds is 5. The standard InChI is InChI=1S/C16H23N3O4/c1-9-6-13(12(4)22-9)16(5,21)8-18-15(20)17-7-14-19-10(2)11(3)23-14/h6,21H,7-8H2,1-5H3,(H2,17,18,20)/t16-/m0/s1. The first-order valence-corrected chi connectivity index (χ1v) is 7.43. The highest BCUT2D eigenvalue weighted by atomic mass is 16.4. The second-order valence-corrected chi connectivity index (χ2v) is 5.89. The third-order valence-corrected chi connectivity index (χ3v) is 3.69. The molecular weight excluding hydrogens is 298 g/mol. The lowest BCUT2D eigenvalue weighted by Crippen LogP contribution is -2.43. The molecule has 0 saturated heterocycles. The second-order valence-electron chi connectivity index (χ2n) is 5.89. The molecule has 2 aromatic heterocycles. The van der Waals surface area contributed by atoms with E-state index in [1.54, 1.807) is 19.9 Å². The summed E-state index contributed by atoms with van der Waals surface area (Å²) < 4.78 is 10.8. The number of nitrogens with zero attached hydrogens (tertiary/aromatic N) is 1. The molecule has 7 nitrogen and oxygen atoms in total. The molecule has 0 aliphatic rings. The Morgan fingerprint density at radius 1 is 1.22 bits per heavy atom. The highest BCUT2D eigenvalue weighted by Gasteiger charge is 2.28. The summed E-state index contributed by atoms with van der Waals surface area (Å²) in [6.45, 7) is 9.13. The molecule has 2 rings (SSSR count). The fraction of sp³-hybridized carbons (Fsp3) is 0.500. The number of nitrogens with one attached hydrogen (secondary N) is 2. The van der Waals surface area contributed by atoms with Crippen LogP contribution >= 0.6 is 0 Å². The number of hydrogen-bond acceptors (Lipinski definition) is 5. The number of furan rings is 1. The van der Waals surface area contributed by atoms with Gasteiger partial charge in [0.2, 0.25) is 5.89 Å². The van der Waals surface area contributed by atoms with Gasteiger partial charge in [0.05, 0.1) is 18.8 Å². The molecule has 0 fully saturated rings. The highest BCUT2D eigenvalue weighted by Crippen LogP contribution is 2.26. The molecule has 0 bridgehead atoms. The molecule has 0 radical (unpaired) electrons. The maximum Gasteiger partial charge on any atom is 0.315 e. The Labute approximate surface area is 135 Å². The summed E-state index contributed by atoms with van der Waals surface area (Å²) in [6.07, 6.45) is 0. The summed E-state index contributed by atoms with van der Waals surface area (Å²) in [5.41, 5.74) is 0.250. The number of aliphatic hydroxyl groups is 1. The monoisotopic (exact) mass is 321 g/mol. The van der Waals surface area contributed by atoms with Crippen LogP contribution in [-0.4, -0.2) is 22.7 Å². The van der Waals surface area contributed by atoms with Gasteiger partial charge in [-0.3, -0.25) is 0 Å². The maximum absolute atomic E-state index is 11.9. The van der Waals surface area contributed by atoms with E-state index in [9.17, 15) is 9.90 Å². The summed E-state index contributed by atoms with van der Waals surface area (Å²) in [7, 11) is 0. The van der Waals surface area contributed by atoms with Crippen LogP contribution in [-0.2, 0) is 12.1 Å². The van der Waals surface area contributed by atoms with E-state index in [4.69, 9.17) is 8.83 Å². The summed E-state index contributed by atoms with van der Waals surface area (Å²) in [6, 6.07) is 1.37. The van der Waals surface area contributed by atoms with Gasteiger partial charge in [-0.25, -0.2) is 9.78 Å². The first-order chi connectivity index (χ1) is 10.7. The van der Waals surface area contributed by atoms with E-state index >= 15 is 0 Å². The lowest BCUT2D eigenvalue weighted by atomic mass is 9.96. The van der Waals surface area contributed by atoms with Crippen LogP contribution in [0.3, 0.4) is 0 Å². The molecule has 0 spiro atoms. The number of urea groups is 1. The highest BCUT2D eigenvalue weighted by molar-refractivity contribution is 5.73. The lowest BCUT2D eigenvalue weighted by molar-refractivity contribution is 0.0578. The van der Waals surface area contributed by atoms with Gasteiger partial charge < -0.3 is 24.6 Å². The first-order valence-electron chi connectivity index (χ1n) is 7.43. The third-order valence-electron chi connectivity index (χ3n) is 3.69. The predicted molar refractivity (Wildman–Crippen MR) is 84.0 cm³/mol. The normalized spacial score (nSPS) is 13.7. The smallest absolute Gasteiger partial charge is 0.315 e. The minimum Gasteiger partial charge on any atom is -0.466 e. The van der Waals surface area contributed by atoms with Crippen molar-refractivity contribution in [2.75, 3.05) is 6.54 Å². The zero-order valence-electron chi connectivity index (χ0n) is 14.1. The van der Waals surface area contributed by atoms with Gasteiger partial charge >= 0.3 is 6.03 Å². The van der Waals surface area contributed by atoms with E-state index in [0.717, 1.165) is 17.2 Å². The topological polar surface area (TPSA) is 101 Å². The minimum atomic E-state index is -1.21. The average molecular weight is 321 g/mol. The molecule has 1 atom stereocenters. The lowest BCUT2D eigenvalue weighted by Gasteiger charge is -2.23. The summed E-state index contributed by atoms with van der Waals surface area (Å²) in [5.74, 6) is 2.54. The Hall–Kier alpha value is -2.28. The number of carbonyl (C=O) groups is 1. The van der Waals surface area contributed by atoms with Crippen LogP contribution in [0.15, 0.2) is 14.9 Å². The Morgan fingerprint density at radius 2 is 1.91 bits per heavy atom. The van der Waals surface area contributed by atoms with Crippen molar-refractivity contribution in [1.29, 1.82) is 0 Å². The van der Waals surface area contributed by atoms with E-state index in [1.165, 1.54) is 0 Å². The van der Waals surface area contributed by atoms with Gasteiger partial charge in [0.15, 0.2) is 0 Å². The van der Waals surface area contributed by atoms with Crippen LogP contribution in [0.4, 0.5) is 4.79 Å². The van der Waals surface area contributed by atoms with Crippen molar-refractivity contribution in [1.82, 2.24) is 15.6 Å². The molecule has 2 amide bonds. The van der Waals surface area contributed by atoms with Crippen molar-refractivity contribution in [3.63, 3.8) is 0 Å². The molecule has 2 heterocycles. The molecule has 3 N–H and O–H groups in total. The van der Waals surface area contributed by atoms with Gasteiger partial charge in [-0.15, -0.1) is 0 Å². The summed E-state index contributed by atoms with van der Waals surface area (Å²) in [5, 5.41) is 15.8. The van der Waals surface area contributed by atoms with Gasteiger partial charge in [-0.05, 0) is 40.7 Å². The molecule has 0 aromatic carbocycles. The molecule has 0 aliphatic heterocycles. The first kappa shape index (κ1) is 17.1. The SMILES string of the molecule is Cc1cc([C@@](C)(O)CNC(=O)NCc2nc(C)c(C)o2)c(C)o1. The second kappa shape index (κ2) is 6.45. The van der Waals surface area contributed by atoms with Crippen molar-refractivity contribution in [3.05, 3.63) is 40.5 Å². The Bertz CT molecular complexity index is 681. The molecule has 7 heteroatoms. The van der Waals surface area contributed by atoms with E-state index in [0.29, 0.717) is 17.2 Å². The van der Waals surface area contributed by atoms with Crippen LogP contribution in [0.1, 0.15) is 41.4 Å². The minimum absolute atomic E-state index is 0.0578. The van der Waals surface area contributed by atoms with Crippen LogP contribution in [0.25, 0.3) is 0 Å². The summed E-state index contributed by atoms with van der Waals surface area (Å²) in [4.78, 5) is 16.0. The molecule has 0 saturated carbocycles. The van der Waals surface area contributed by atoms with E-state index in [-0.39, 0.29) is 13.1 Å². The van der Waals surface area contributed by atoms with Crippen molar-refractivity contribution in [2.24, 2.45) is 0 Å². The maximum atomic E-state index is 11.9. The number of aromatic nitrogens is 1. The van der Waals surface area contributed by atoms with E-state index in [1.807, 2.05) is 20.8 Å². The van der Waals surface area contributed by atoms with Crippen LogP contribution < -0.4 is 10.6 Å². The van der Waals surface area contributed by atoms with Crippen molar-refractivity contribution in [3.8, 4) is 0 Å². The fourth-order valence-corrected chi connectivity index (χ4v) is 2.35. The number of aryl methyl sites for hydroxylation is 4. The average Bonchev–Trinajstić information content (AvgIpc) is 2.97. The van der Waals surface area contributed by atoms with Gasteiger partial charge in [-0.1, -0.05) is 0 Å². The predicted octanol–water partition coefficient (Wildman–Crippen LogP) is 2.21. The van der Waals surface area contributed by atoms with Crippen molar-refractivity contribution >= 4 is 6.03 Å². The number of oxazole rings is 1. The van der Waals surface area contributed by atoms with Crippen molar-refractivity contribution in [2.45, 2.75) is 46.8 Å². The van der Waals surface area contributed by atoms with Crippen molar-refractivity contribution < 1.29 is 18.7 Å². The molecular formula is C16H23N3O4. The van der Waals surface area contributed by atoms with Gasteiger partial charge in [0.25, 0.3) is 0 Å². The van der Waals surface area contributed by atoms with Crippen LogP contribution in [0.5, 0.6) is 0 Å². The molecule has 126 valence electrons. The molecule has 0 unspecified atom stereocenters. The largest absolute Gasteiger partial charge is 0.466 e. The zero-order valence-corrected chi connectivity index (χ0v) is 14.1. The number of hydrogen-bond donors (Lipinski definition) is 3. The Morgan fingerprint density at radius 3 is 2.43 bits per heavy atom. The van der Waals surface area contributed by atoms with Crippen LogP contribution in [0.2, 0.25) is 0 Å². The molecule has 23 heavy (non-hydrogen) atoms. The van der Waals surface area contributed by atoms with Gasteiger partial charge in [0, 0.05) is 5.56 Å². The Balaban J connectivity index is 1.87. The van der Waals surface area contributed by atoms with Crippen LogP contribution in [0, 0.1) is 27.7 Å².